The highest BCUT2D eigenvalue weighted by Crippen LogP contribution is 2.25. The summed E-state index contributed by atoms with van der Waals surface area (Å²) in [5, 5.41) is 0.800. The maximum absolute atomic E-state index is 15.1. The average Bonchev–Trinajstić information content (AvgIpc) is 2.85. The van der Waals surface area contributed by atoms with E-state index in [9.17, 15) is 8.78 Å². The molecular weight excluding hydrogens is 461 g/mol. The lowest BCUT2D eigenvalue weighted by Gasteiger charge is -2.09. The summed E-state index contributed by atoms with van der Waals surface area (Å²) < 4.78 is 47.5. The molecule has 1 heterocycles. The second-order valence-electron chi connectivity index (χ2n) is 8.22. The number of aromatic nitrogens is 2. The van der Waals surface area contributed by atoms with Gasteiger partial charge in [0, 0.05) is 31.3 Å². The van der Waals surface area contributed by atoms with E-state index in [1.54, 1.807) is 19.2 Å². The molecule has 0 atom stereocenters. The number of methoxy groups -OCH3 is 1. The second-order valence-corrected chi connectivity index (χ2v) is 8.60. The van der Waals surface area contributed by atoms with E-state index in [2.05, 4.69) is 9.97 Å². The second kappa shape index (κ2) is 11.0. The molecule has 0 aliphatic heterocycles. The molecule has 34 heavy (non-hydrogen) atoms. The van der Waals surface area contributed by atoms with Gasteiger partial charge in [0.1, 0.15) is 28.3 Å². The largest absolute Gasteiger partial charge is 0.384 e. The van der Waals surface area contributed by atoms with E-state index in [-0.39, 0.29) is 5.82 Å². The van der Waals surface area contributed by atoms with Gasteiger partial charge in [-0.15, -0.1) is 0 Å². The summed E-state index contributed by atoms with van der Waals surface area (Å²) in [7, 11) is 1.66. The van der Waals surface area contributed by atoms with Crippen LogP contribution in [-0.2, 0) is 36.8 Å². The van der Waals surface area contributed by atoms with Crippen molar-refractivity contribution in [3.8, 4) is 0 Å². The number of nitrogens with zero attached hydrogens (tertiary/aromatic N) is 2. The standard InChI is InChI=1S/C27H24ClF3N2O/c1-34-11-10-19-15-32-25(33-16-19)9-4-17-3-8-22-21(12-17)7-6-20(27(22)31)5-2-18-13-23(29)26(28)24(30)14-18/h3,6-8,12-16H,2,4-5,9-11H2,1H3. The Balaban J connectivity index is 1.42. The van der Waals surface area contributed by atoms with Crippen LogP contribution in [0.3, 0.4) is 0 Å². The van der Waals surface area contributed by atoms with Gasteiger partial charge in [0.15, 0.2) is 0 Å². The maximum Gasteiger partial charge on any atom is 0.145 e. The lowest BCUT2D eigenvalue weighted by atomic mass is 9.98. The van der Waals surface area contributed by atoms with Crippen molar-refractivity contribution >= 4 is 22.4 Å². The zero-order chi connectivity index (χ0) is 24.1. The lowest BCUT2D eigenvalue weighted by molar-refractivity contribution is 0.202. The Hall–Kier alpha value is -2.96. The summed E-state index contributed by atoms with van der Waals surface area (Å²) in [5.74, 6) is -1.17. The Kier molecular flexibility index (Phi) is 7.80. The van der Waals surface area contributed by atoms with Crippen LogP contribution >= 0.6 is 11.6 Å². The van der Waals surface area contributed by atoms with Gasteiger partial charge in [-0.3, -0.25) is 0 Å². The van der Waals surface area contributed by atoms with Crippen molar-refractivity contribution in [3.63, 3.8) is 0 Å². The van der Waals surface area contributed by atoms with Crippen molar-refractivity contribution in [3.05, 3.63) is 105 Å². The summed E-state index contributed by atoms with van der Waals surface area (Å²) in [6, 6.07) is 11.6. The first-order chi connectivity index (χ1) is 16.4. The number of ether oxygens (including phenoxy) is 1. The molecule has 0 spiro atoms. The molecule has 0 saturated heterocycles. The molecule has 0 fully saturated rings. The van der Waals surface area contributed by atoms with Crippen LogP contribution < -0.4 is 0 Å². The van der Waals surface area contributed by atoms with Gasteiger partial charge in [0.05, 0.1) is 6.61 Å². The Morgan fingerprint density at radius 1 is 0.765 bits per heavy atom. The topological polar surface area (TPSA) is 35.0 Å². The fourth-order valence-corrected chi connectivity index (χ4v) is 3.99. The molecule has 0 unspecified atom stereocenters. The Labute approximate surface area is 201 Å². The van der Waals surface area contributed by atoms with Gasteiger partial charge in [-0.1, -0.05) is 41.9 Å². The average molecular weight is 485 g/mol. The highest BCUT2D eigenvalue weighted by Gasteiger charge is 2.12. The van der Waals surface area contributed by atoms with Crippen LogP contribution in [0.25, 0.3) is 10.8 Å². The fourth-order valence-electron chi connectivity index (χ4n) is 3.88. The van der Waals surface area contributed by atoms with Gasteiger partial charge < -0.3 is 4.74 Å². The molecule has 0 N–H and O–H groups in total. The number of hydrogen-bond acceptors (Lipinski definition) is 3. The number of benzene rings is 3. The van der Waals surface area contributed by atoms with E-state index >= 15 is 4.39 Å². The van der Waals surface area contributed by atoms with Crippen molar-refractivity contribution in [2.45, 2.75) is 32.1 Å². The molecule has 3 aromatic carbocycles. The molecule has 0 radical (unpaired) electrons. The molecule has 0 aliphatic rings. The summed E-state index contributed by atoms with van der Waals surface area (Å²) in [5.41, 5.74) is 3.04. The number of halogens is 4. The van der Waals surface area contributed by atoms with Gasteiger partial charge >= 0.3 is 0 Å². The van der Waals surface area contributed by atoms with Crippen LogP contribution in [0.5, 0.6) is 0 Å². The summed E-state index contributed by atoms with van der Waals surface area (Å²) >= 11 is 5.53. The predicted molar refractivity (Wildman–Crippen MR) is 128 cm³/mol. The number of hydrogen-bond donors (Lipinski definition) is 0. The first kappa shape index (κ1) is 24.2. The zero-order valence-electron chi connectivity index (χ0n) is 18.8. The molecule has 0 saturated carbocycles. The molecule has 0 aliphatic carbocycles. The Bertz CT molecular complexity index is 1270. The molecule has 0 amide bonds. The van der Waals surface area contributed by atoms with Crippen LogP contribution in [0.4, 0.5) is 13.2 Å². The van der Waals surface area contributed by atoms with E-state index in [0.717, 1.165) is 35.2 Å². The van der Waals surface area contributed by atoms with Crippen LogP contribution in [0.2, 0.25) is 5.02 Å². The monoisotopic (exact) mass is 484 g/mol. The molecule has 1 aromatic heterocycles. The summed E-state index contributed by atoms with van der Waals surface area (Å²) in [6.07, 6.45) is 6.48. The van der Waals surface area contributed by atoms with E-state index in [0.29, 0.717) is 42.4 Å². The molecule has 3 nitrogen and oxygen atoms in total. The molecular formula is C27H24ClF3N2O. The van der Waals surface area contributed by atoms with Crippen LogP contribution in [0.1, 0.15) is 28.1 Å². The van der Waals surface area contributed by atoms with E-state index < -0.39 is 16.7 Å². The smallest absolute Gasteiger partial charge is 0.145 e. The van der Waals surface area contributed by atoms with E-state index in [4.69, 9.17) is 16.3 Å². The minimum absolute atomic E-state index is 0.301. The quantitative estimate of drug-likeness (QED) is 0.256. The summed E-state index contributed by atoms with van der Waals surface area (Å²) in [6.45, 7) is 0.635. The highest BCUT2D eigenvalue weighted by molar-refractivity contribution is 6.30. The van der Waals surface area contributed by atoms with Crippen LogP contribution in [-0.4, -0.2) is 23.7 Å². The van der Waals surface area contributed by atoms with Crippen LogP contribution in [0, 0.1) is 17.5 Å². The van der Waals surface area contributed by atoms with Crippen molar-refractivity contribution < 1.29 is 17.9 Å². The first-order valence-electron chi connectivity index (χ1n) is 11.1. The predicted octanol–water partition coefficient (Wildman–Crippen LogP) is 6.46. The fraction of sp³-hybridized carbons (Fsp3) is 0.259. The third-order valence-corrected chi connectivity index (χ3v) is 6.18. The minimum atomic E-state index is -0.810. The van der Waals surface area contributed by atoms with Crippen LogP contribution in [0.15, 0.2) is 54.9 Å². The third-order valence-electron chi connectivity index (χ3n) is 5.82. The SMILES string of the molecule is COCCc1cnc(CCc2ccc3c(F)c(CCc4cc(F)c(Cl)c(F)c4)ccc3c2)nc1. The van der Waals surface area contributed by atoms with Crippen molar-refractivity contribution in [2.75, 3.05) is 13.7 Å². The van der Waals surface area contributed by atoms with Gasteiger partial charge in [-0.05, 0) is 65.5 Å². The molecule has 7 heteroatoms. The van der Waals surface area contributed by atoms with Gasteiger partial charge in [-0.2, -0.15) is 0 Å². The van der Waals surface area contributed by atoms with E-state index in [1.807, 2.05) is 30.6 Å². The number of fused-ring (bicyclic) bond motifs is 1. The zero-order valence-corrected chi connectivity index (χ0v) is 19.5. The van der Waals surface area contributed by atoms with Gasteiger partial charge in [0.25, 0.3) is 0 Å². The van der Waals surface area contributed by atoms with Crippen molar-refractivity contribution in [2.24, 2.45) is 0 Å². The normalized spacial score (nSPS) is 11.3. The van der Waals surface area contributed by atoms with Gasteiger partial charge in [-0.25, -0.2) is 23.1 Å². The molecule has 0 bridgehead atoms. The minimum Gasteiger partial charge on any atom is -0.384 e. The van der Waals surface area contributed by atoms with Gasteiger partial charge in [0.2, 0.25) is 0 Å². The Morgan fingerprint density at radius 2 is 1.47 bits per heavy atom. The maximum atomic E-state index is 15.1. The number of aryl methyl sites for hydroxylation is 4. The Morgan fingerprint density at radius 3 is 2.18 bits per heavy atom. The van der Waals surface area contributed by atoms with E-state index in [1.165, 1.54) is 12.1 Å². The number of rotatable bonds is 9. The first-order valence-corrected chi connectivity index (χ1v) is 11.4. The highest BCUT2D eigenvalue weighted by atomic mass is 35.5. The molecule has 4 aromatic rings. The third kappa shape index (κ3) is 5.75. The van der Waals surface area contributed by atoms with Crippen molar-refractivity contribution in [1.29, 1.82) is 0 Å². The molecule has 176 valence electrons. The summed E-state index contributed by atoms with van der Waals surface area (Å²) in [4.78, 5) is 8.83. The van der Waals surface area contributed by atoms with Crippen molar-refractivity contribution in [1.82, 2.24) is 9.97 Å². The lowest BCUT2D eigenvalue weighted by Crippen LogP contribution is -2.01. The molecule has 4 rings (SSSR count).